The van der Waals surface area contributed by atoms with Crippen LogP contribution in [0.5, 0.6) is 0 Å². The topological polar surface area (TPSA) is 38.1 Å². The summed E-state index contributed by atoms with van der Waals surface area (Å²) in [5.41, 5.74) is 3.85. The zero-order valence-electron chi connectivity index (χ0n) is 12.6. The van der Waals surface area contributed by atoms with Crippen LogP contribution in [0.4, 0.5) is 5.88 Å². The van der Waals surface area contributed by atoms with E-state index in [9.17, 15) is 0 Å². The van der Waals surface area contributed by atoms with Crippen molar-refractivity contribution in [3.05, 3.63) is 69.8 Å². The molecule has 0 fully saturated rings. The SMILES string of the molecule is Cc1noc(NCCc2ccc(Cl)cc2)c1-c1ccccc1Cl. The molecule has 3 aromatic rings. The van der Waals surface area contributed by atoms with Gasteiger partial charge in [0.2, 0.25) is 5.88 Å². The average molecular weight is 347 g/mol. The van der Waals surface area contributed by atoms with Crippen LogP contribution in [0.25, 0.3) is 11.1 Å². The second kappa shape index (κ2) is 7.07. The van der Waals surface area contributed by atoms with E-state index < -0.39 is 0 Å². The van der Waals surface area contributed by atoms with Crippen LogP contribution in [0.3, 0.4) is 0 Å². The lowest BCUT2D eigenvalue weighted by atomic mass is 10.1. The van der Waals surface area contributed by atoms with Crippen molar-refractivity contribution in [2.75, 3.05) is 11.9 Å². The molecule has 2 aromatic carbocycles. The van der Waals surface area contributed by atoms with Gasteiger partial charge in [0, 0.05) is 22.2 Å². The number of nitrogens with zero attached hydrogens (tertiary/aromatic N) is 1. The first-order chi connectivity index (χ1) is 11.1. The fourth-order valence-corrected chi connectivity index (χ4v) is 2.80. The molecule has 23 heavy (non-hydrogen) atoms. The molecular weight excluding hydrogens is 331 g/mol. The van der Waals surface area contributed by atoms with Crippen molar-refractivity contribution in [3.8, 4) is 11.1 Å². The van der Waals surface area contributed by atoms with Crippen LogP contribution in [-0.2, 0) is 6.42 Å². The lowest BCUT2D eigenvalue weighted by Crippen LogP contribution is -2.05. The molecule has 1 N–H and O–H groups in total. The number of nitrogens with one attached hydrogen (secondary N) is 1. The van der Waals surface area contributed by atoms with Gasteiger partial charge in [-0.25, -0.2) is 0 Å². The number of aromatic nitrogens is 1. The molecule has 0 aliphatic carbocycles. The maximum atomic E-state index is 6.29. The van der Waals surface area contributed by atoms with Gasteiger partial charge in [0.15, 0.2) is 0 Å². The Kier molecular flexibility index (Phi) is 4.89. The van der Waals surface area contributed by atoms with Crippen molar-refractivity contribution in [2.45, 2.75) is 13.3 Å². The fourth-order valence-electron chi connectivity index (χ4n) is 2.44. The quantitative estimate of drug-likeness (QED) is 0.652. The molecule has 0 radical (unpaired) electrons. The summed E-state index contributed by atoms with van der Waals surface area (Å²) in [6, 6.07) is 15.5. The van der Waals surface area contributed by atoms with E-state index in [1.807, 2.05) is 55.5 Å². The number of hydrogen-bond donors (Lipinski definition) is 1. The van der Waals surface area contributed by atoms with E-state index in [0.717, 1.165) is 34.8 Å². The molecule has 0 saturated heterocycles. The predicted octanol–water partition coefficient (Wildman–Crippen LogP) is 5.61. The molecule has 0 aliphatic rings. The number of anilines is 1. The summed E-state index contributed by atoms with van der Waals surface area (Å²) >= 11 is 12.2. The van der Waals surface area contributed by atoms with E-state index in [0.29, 0.717) is 10.9 Å². The highest BCUT2D eigenvalue weighted by atomic mass is 35.5. The third-order valence-electron chi connectivity index (χ3n) is 3.62. The summed E-state index contributed by atoms with van der Waals surface area (Å²) in [6.45, 7) is 2.64. The smallest absolute Gasteiger partial charge is 0.232 e. The van der Waals surface area contributed by atoms with E-state index in [-0.39, 0.29) is 0 Å². The molecule has 1 heterocycles. The molecule has 0 atom stereocenters. The fraction of sp³-hybridized carbons (Fsp3) is 0.167. The van der Waals surface area contributed by atoms with Gasteiger partial charge in [-0.15, -0.1) is 0 Å². The molecule has 5 heteroatoms. The van der Waals surface area contributed by atoms with Crippen LogP contribution >= 0.6 is 23.2 Å². The molecule has 0 spiro atoms. The first kappa shape index (κ1) is 15.9. The van der Waals surface area contributed by atoms with Crippen molar-refractivity contribution in [3.63, 3.8) is 0 Å². The number of hydrogen-bond acceptors (Lipinski definition) is 3. The van der Waals surface area contributed by atoms with Crippen LogP contribution in [0, 0.1) is 6.92 Å². The third-order valence-corrected chi connectivity index (χ3v) is 4.20. The third kappa shape index (κ3) is 3.69. The van der Waals surface area contributed by atoms with Crippen LogP contribution < -0.4 is 5.32 Å². The number of aryl methyl sites for hydroxylation is 1. The van der Waals surface area contributed by atoms with Crippen molar-refractivity contribution < 1.29 is 4.52 Å². The minimum Gasteiger partial charge on any atom is -0.353 e. The maximum Gasteiger partial charge on any atom is 0.232 e. The lowest BCUT2D eigenvalue weighted by Gasteiger charge is -2.07. The van der Waals surface area contributed by atoms with E-state index in [1.54, 1.807) is 0 Å². The Morgan fingerprint density at radius 3 is 2.52 bits per heavy atom. The maximum absolute atomic E-state index is 6.29. The summed E-state index contributed by atoms with van der Waals surface area (Å²) in [5.74, 6) is 0.643. The van der Waals surface area contributed by atoms with E-state index in [2.05, 4.69) is 10.5 Å². The number of rotatable bonds is 5. The normalized spacial score (nSPS) is 10.7. The molecule has 3 nitrogen and oxygen atoms in total. The summed E-state index contributed by atoms with van der Waals surface area (Å²) in [4.78, 5) is 0. The Bertz CT molecular complexity index is 797. The van der Waals surface area contributed by atoms with E-state index in [1.165, 1.54) is 5.56 Å². The largest absolute Gasteiger partial charge is 0.353 e. The molecule has 0 saturated carbocycles. The van der Waals surface area contributed by atoms with E-state index >= 15 is 0 Å². The molecule has 3 rings (SSSR count). The highest BCUT2D eigenvalue weighted by Gasteiger charge is 2.16. The Morgan fingerprint density at radius 2 is 1.78 bits per heavy atom. The van der Waals surface area contributed by atoms with Crippen molar-refractivity contribution in [1.29, 1.82) is 0 Å². The second-order valence-corrected chi connectivity index (χ2v) is 6.10. The van der Waals surface area contributed by atoms with Gasteiger partial charge in [0.1, 0.15) is 0 Å². The summed E-state index contributed by atoms with van der Waals surface area (Å²) in [6.07, 6.45) is 0.860. The summed E-state index contributed by atoms with van der Waals surface area (Å²) in [7, 11) is 0. The first-order valence-corrected chi connectivity index (χ1v) is 8.10. The zero-order chi connectivity index (χ0) is 16.2. The minimum atomic E-state index is 0.643. The Hall–Kier alpha value is -1.97. The highest BCUT2D eigenvalue weighted by molar-refractivity contribution is 6.33. The van der Waals surface area contributed by atoms with Crippen molar-refractivity contribution in [1.82, 2.24) is 5.16 Å². The molecule has 0 amide bonds. The second-order valence-electron chi connectivity index (χ2n) is 5.26. The molecular formula is C18H16Cl2N2O. The Morgan fingerprint density at radius 1 is 1.04 bits per heavy atom. The average Bonchev–Trinajstić information content (AvgIpc) is 2.91. The first-order valence-electron chi connectivity index (χ1n) is 7.34. The minimum absolute atomic E-state index is 0.643. The van der Waals surface area contributed by atoms with Gasteiger partial charge in [-0.05, 0) is 37.1 Å². The Balaban J connectivity index is 1.74. The molecule has 0 unspecified atom stereocenters. The molecule has 118 valence electrons. The van der Waals surface area contributed by atoms with Gasteiger partial charge in [-0.1, -0.05) is 58.7 Å². The Labute approximate surface area is 145 Å². The van der Waals surface area contributed by atoms with Crippen LogP contribution in [0.15, 0.2) is 53.1 Å². The monoisotopic (exact) mass is 346 g/mol. The standard InChI is InChI=1S/C18H16Cl2N2O/c1-12-17(15-4-2-3-5-16(15)20)18(23-22-12)21-11-10-13-6-8-14(19)9-7-13/h2-9,21H,10-11H2,1H3. The molecule has 0 bridgehead atoms. The molecule has 1 aromatic heterocycles. The van der Waals surface area contributed by atoms with E-state index in [4.69, 9.17) is 27.7 Å². The molecule has 0 aliphatic heterocycles. The number of benzene rings is 2. The van der Waals surface area contributed by atoms with Crippen LogP contribution in [0.2, 0.25) is 10.0 Å². The van der Waals surface area contributed by atoms with Gasteiger partial charge in [-0.2, -0.15) is 0 Å². The van der Waals surface area contributed by atoms with Crippen LogP contribution in [0.1, 0.15) is 11.3 Å². The zero-order valence-corrected chi connectivity index (χ0v) is 14.2. The van der Waals surface area contributed by atoms with Gasteiger partial charge in [0.25, 0.3) is 0 Å². The predicted molar refractivity (Wildman–Crippen MR) is 95.3 cm³/mol. The van der Waals surface area contributed by atoms with Crippen LogP contribution in [-0.4, -0.2) is 11.7 Å². The van der Waals surface area contributed by atoms with Crippen molar-refractivity contribution in [2.24, 2.45) is 0 Å². The lowest BCUT2D eigenvalue weighted by molar-refractivity contribution is 0.427. The van der Waals surface area contributed by atoms with Gasteiger partial charge < -0.3 is 9.84 Å². The highest BCUT2D eigenvalue weighted by Crippen LogP contribution is 2.35. The van der Waals surface area contributed by atoms with Crippen molar-refractivity contribution >= 4 is 29.1 Å². The van der Waals surface area contributed by atoms with Gasteiger partial charge in [-0.3, -0.25) is 0 Å². The number of halogens is 2. The summed E-state index contributed by atoms with van der Waals surface area (Å²) in [5, 5.41) is 8.78. The summed E-state index contributed by atoms with van der Waals surface area (Å²) < 4.78 is 5.42. The van der Waals surface area contributed by atoms with Gasteiger partial charge in [0.05, 0.1) is 11.3 Å². The van der Waals surface area contributed by atoms with Gasteiger partial charge >= 0.3 is 0 Å².